The second kappa shape index (κ2) is 5.60. The van der Waals surface area contributed by atoms with Gasteiger partial charge in [0.15, 0.2) is 0 Å². The second-order valence-electron chi connectivity index (χ2n) is 3.71. The number of hydrogen-bond acceptors (Lipinski definition) is 5. The zero-order valence-corrected chi connectivity index (χ0v) is 9.39. The highest BCUT2D eigenvalue weighted by Crippen LogP contribution is 2.12. The van der Waals surface area contributed by atoms with Crippen molar-refractivity contribution >= 4 is 17.8 Å². The molecule has 16 heavy (non-hydrogen) atoms. The molecule has 0 unspecified atom stereocenters. The summed E-state index contributed by atoms with van der Waals surface area (Å²) in [6.07, 6.45) is 0.265. The fourth-order valence-corrected chi connectivity index (χ4v) is 1.18. The maximum Gasteiger partial charge on any atom is 0.335 e. The van der Waals surface area contributed by atoms with Crippen LogP contribution in [0.1, 0.15) is 33.1 Å². The maximum atomic E-state index is 11.2. The Hall–Kier alpha value is -1.43. The Balaban J connectivity index is 2.28. The van der Waals surface area contributed by atoms with E-state index in [1.54, 1.807) is 0 Å². The number of carbonyl (C=O) groups excluding carboxylic acids is 3. The fraction of sp³-hybridized carbons (Fsp3) is 0.700. The Morgan fingerprint density at radius 3 is 2.38 bits per heavy atom. The van der Waals surface area contributed by atoms with E-state index in [1.165, 1.54) is 0 Å². The Kier molecular flexibility index (Phi) is 4.42. The number of hydrogen-bond donors (Lipinski definition) is 0. The van der Waals surface area contributed by atoms with Gasteiger partial charge < -0.3 is 9.57 Å². The van der Waals surface area contributed by atoms with Crippen LogP contribution in [0, 0.1) is 0 Å². The Labute approximate surface area is 93.4 Å². The predicted octanol–water partition coefficient (Wildman–Crippen LogP) is 0.409. The molecule has 0 N–H and O–H groups in total. The summed E-state index contributed by atoms with van der Waals surface area (Å²) in [5.41, 5.74) is 0. The van der Waals surface area contributed by atoms with E-state index in [0.717, 1.165) is 0 Å². The van der Waals surface area contributed by atoms with Crippen LogP contribution in [0.5, 0.6) is 0 Å². The zero-order chi connectivity index (χ0) is 12.1. The molecule has 1 rings (SSSR count). The minimum atomic E-state index is -0.635. The standard InChI is InChI=1S/C10H15NO5/c1-7(2)15-6-5-10(14)16-11-8(12)3-4-9(11)13/h7H,3-6H2,1-2H3. The van der Waals surface area contributed by atoms with E-state index in [4.69, 9.17) is 4.74 Å². The molecule has 0 spiro atoms. The van der Waals surface area contributed by atoms with Gasteiger partial charge in [-0.1, -0.05) is 0 Å². The molecule has 90 valence electrons. The molecule has 0 aromatic rings. The summed E-state index contributed by atoms with van der Waals surface area (Å²) in [6, 6.07) is 0. The number of ether oxygens (including phenoxy) is 1. The molecule has 0 aliphatic carbocycles. The largest absolute Gasteiger partial charge is 0.378 e. The molecular weight excluding hydrogens is 214 g/mol. The number of carbonyl (C=O) groups is 3. The Morgan fingerprint density at radius 1 is 1.31 bits per heavy atom. The summed E-state index contributed by atoms with van der Waals surface area (Å²) in [6.45, 7) is 3.91. The third-order valence-electron chi connectivity index (χ3n) is 1.96. The van der Waals surface area contributed by atoms with Crippen molar-refractivity contribution in [1.29, 1.82) is 0 Å². The van der Waals surface area contributed by atoms with Crippen LogP contribution in [0.4, 0.5) is 0 Å². The lowest BCUT2D eigenvalue weighted by atomic mass is 10.4. The predicted molar refractivity (Wildman–Crippen MR) is 52.9 cm³/mol. The number of nitrogens with zero attached hydrogens (tertiary/aromatic N) is 1. The first kappa shape index (κ1) is 12.6. The van der Waals surface area contributed by atoms with Gasteiger partial charge in [-0.3, -0.25) is 9.59 Å². The third kappa shape index (κ3) is 3.62. The van der Waals surface area contributed by atoms with Crippen LogP contribution >= 0.6 is 0 Å². The minimum Gasteiger partial charge on any atom is -0.378 e. The van der Waals surface area contributed by atoms with Gasteiger partial charge in [0.1, 0.15) is 0 Å². The van der Waals surface area contributed by atoms with E-state index in [0.29, 0.717) is 5.06 Å². The molecule has 0 saturated carbocycles. The summed E-state index contributed by atoms with van der Waals surface area (Å²) >= 11 is 0. The molecule has 0 atom stereocenters. The molecule has 0 aromatic heterocycles. The Bertz CT molecular complexity index is 284. The zero-order valence-electron chi connectivity index (χ0n) is 9.39. The normalized spacial score (nSPS) is 16.1. The molecule has 1 aliphatic rings. The highest BCUT2D eigenvalue weighted by molar-refractivity contribution is 6.01. The van der Waals surface area contributed by atoms with Crippen molar-refractivity contribution in [3.8, 4) is 0 Å². The van der Waals surface area contributed by atoms with Gasteiger partial charge in [0.25, 0.3) is 11.8 Å². The molecule has 1 aliphatic heterocycles. The molecule has 0 aromatic carbocycles. The average Bonchev–Trinajstić information content (AvgIpc) is 2.49. The van der Waals surface area contributed by atoms with Crippen LogP contribution in [0.3, 0.4) is 0 Å². The van der Waals surface area contributed by atoms with Gasteiger partial charge in [-0.05, 0) is 13.8 Å². The van der Waals surface area contributed by atoms with E-state index < -0.39 is 17.8 Å². The lowest BCUT2D eigenvalue weighted by Gasteiger charge is -2.13. The number of hydroxylamine groups is 2. The maximum absolute atomic E-state index is 11.2. The molecule has 1 fully saturated rings. The van der Waals surface area contributed by atoms with Gasteiger partial charge in [-0.15, -0.1) is 5.06 Å². The molecule has 0 bridgehead atoms. The molecule has 6 heteroatoms. The summed E-state index contributed by atoms with van der Waals surface area (Å²) < 4.78 is 5.14. The topological polar surface area (TPSA) is 72.9 Å². The smallest absolute Gasteiger partial charge is 0.335 e. The van der Waals surface area contributed by atoms with Crippen LogP contribution in [-0.2, 0) is 24.0 Å². The Morgan fingerprint density at radius 2 is 1.88 bits per heavy atom. The number of amides is 2. The van der Waals surface area contributed by atoms with Crippen molar-refractivity contribution in [3.63, 3.8) is 0 Å². The van der Waals surface area contributed by atoms with Gasteiger partial charge in [0.05, 0.1) is 19.1 Å². The van der Waals surface area contributed by atoms with Crippen molar-refractivity contribution in [2.24, 2.45) is 0 Å². The van der Waals surface area contributed by atoms with Crippen LogP contribution in [-0.4, -0.2) is 35.6 Å². The van der Waals surface area contributed by atoms with Crippen LogP contribution in [0.25, 0.3) is 0 Å². The first-order valence-corrected chi connectivity index (χ1v) is 5.19. The van der Waals surface area contributed by atoms with E-state index in [9.17, 15) is 14.4 Å². The van der Waals surface area contributed by atoms with Gasteiger partial charge in [-0.2, -0.15) is 0 Å². The van der Waals surface area contributed by atoms with Gasteiger partial charge in [-0.25, -0.2) is 4.79 Å². The van der Waals surface area contributed by atoms with E-state index in [-0.39, 0.29) is 32.0 Å². The molecule has 6 nitrogen and oxygen atoms in total. The quantitative estimate of drug-likeness (QED) is 0.638. The van der Waals surface area contributed by atoms with Gasteiger partial charge in [0.2, 0.25) is 0 Å². The lowest BCUT2D eigenvalue weighted by molar-refractivity contribution is -0.198. The van der Waals surface area contributed by atoms with E-state index in [1.807, 2.05) is 13.8 Å². The first-order valence-electron chi connectivity index (χ1n) is 5.19. The summed E-state index contributed by atoms with van der Waals surface area (Å²) in [7, 11) is 0. The molecule has 1 heterocycles. The number of rotatable bonds is 5. The van der Waals surface area contributed by atoms with Gasteiger partial charge >= 0.3 is 5.97 Å². The lowest BCUT2D eigenvalue weighted by Crippen LogP contribution is -2.32. The summed E-state index contributed by atoms with van der Waals surface area (Å²) in [5.74, 6) is -1.57. The van der Waals surface area contributed by atoms with Crippen molar-refractivity contribution < 1.29 is 24.0 Å². The first-order chi connectivity index (χ1) is 7.50. The van der Waals surface area contributed by atoms with Crippen molar-refractivity contribution in [2.75, 3.05) is 6.61 Å². The van der Waals surface area contributed by atoms with Crippen LogP contribution < -0.4 is 0 Å². The van der Waals surface area contributed by atoms with Crippen molar-refractivity contribution in [1.82, 2.24) is 5.06 Å². The average molecular weight is 229 g/mol. The van der Waals surface area contributed by atoms with Crippen molar-refractivity contribution in [2.45, 2.75) is 39.2 Å². The van der Waals surface area contributed by atoms with Crippen LogP contribution in [0.2, 0.25) is 0 Å². The third-order valence-corrected chi connectivity index (χ3v) is 1.96. The van der Waals surface area contributed by atoms with E-state index >= 15 is 0 Å². The SMILES string of the molecule is CC(C)OCCC(=O)ON1C(=O)CCC1=O. The minimum absolute atomic E-state index is 0.0231. The second-order valence-corrected chi connectivity index (χ2v) is 3.71. The molecular formula is C10H15NO5. The highest BCUT2D eigenvalue weighted by Gasteiger charge is 2.32. The fourth-order valence-electron chi connectivity index (χ4n) is 1.18. The molecule has 0 radical (unpaired) electrons. The monoisotopic (exact) mass is 229 g/mol. The highest BCUT2D eigenvalue weighted by atomic mass is 16.7. The van der Waals surface area contributed by atoms with Gasteiger partial charge in [0, 0.05) is 12.8 Å². The van der Waals surface area contributed by atoms with E-state index in [2.05, 4.69) is 4.84 Å². The number of imide groups is 1. The summed E-state index contributed by atoms with van der Waals surface area (Å²) in [4.78, 5) is 38.1. The summed E-state index contributed by atoms with van der Waals surface area (Å²) in [5, 5.41) is 0.539. The van der Waals surface area contributed by atoms with Crippen LogP contribution in [0.15, 0.2) is 0 Å². The molecule has 2 amide bonds. The van der Waals surface area contributed by atoms with Crippen molar-refractivity contribution in [3.05, 3.63) is 0 Å². The molecule has 1 saturated heterocycles.